The third kappa shape index (κ3) is 4.92. The van der Waals surface area contributed by atoms with Crippen LogP contribution in [-0.2, 0) is 10.8 Å². The van der Waals surface area contributed by atoms with E-state index < -0.39 is 10.8 Å². The molecule has 100 valence electrons. The molecule has 0 radical (unpaired) electrons. The second-order valence-corrected chi connectivity index (χ2v) is 6.26. The van der Waals surface area contributed by atoms with Crippen molar-refractivity contribution in [2.75, 3.05) is 12.0 Å². The van der Waals surface area contributed by atoms with Gasteiger partial charge in [0, 0.05) is 35.0 Å². The molecule has 0 bridgehead atoms. The molecule has 0 fully saturated rings. The van der Waals surface area contributed by atoms with Crippen LogP contribution in [-0.4, -0.2) is 33.2 Å². The van der Waals surface area contributed by atoms with Gasteiger partial charge in [-0.2, -0.15) is 0 Å². The van der Waals surface area contributed by atoms with Crippen LogP contribution in [0.2, 0.25) is 10.2 Å². The van der Waals surface area contributed by atoms with Crippen molar-refractivity contribution in [3.63, 3.8) is 0 Å². The molecule has 0 spiro atoms. The molecule has 7 heteroatoms. The van der Waals surface area contributed by atoms with E-state index in [1.54, 1.807) is 6.26 Å². The van der Waals surface area contributed by atoms with E-state index in [0.29, 0.717) is 17.7 Å². The van der Waals surface area contributed by atoms with Gasteiger partial charge in [0.1, 0.15) is 5.15 Å². The molecule has 0 aliphatic heterocycles. The highest BCUT2D eigenvalue weighted by Crippen LogP contribution is 2.19. The van der Waals surface area contributed by atoms with Crippen LogP contribution in [0.5, 0.6) is 0 Å². The highest BCUT2D eigenvalue weighted by atomic mass is 35.5. The summed E-state index contributed by atoms with van der Waals surface area (Å²) in [5.74, 6) is 0.289. The summed E-state index contributed by atoms with van der Waals surface area (Å²) in [5, 5.41) is 3.19. The standard InChI is InChI=1S/C11H14Cl2N2O2S/c1-7(3-4-18(2)17)15-11(16)8-5-9(12)10(13)14-6-8/h5-7H,3-4H2,1-2H3,(H,15,16). The molecule has 0 aliphatic carbocycles. The van der Waals surface area contributed by atoms with Crippen LogP contribution in [0.3, 0.4) is 0 Å². The summed E-state index contributed by atoms with van der Waals surface area (Å²) >= 11 is 11.4. The highest BCUT2D eigenvalue weighted by molar-refractivity contribution is 7.84. The molecule has 0 saturated carbocycles. The smallest absolute Gasteiger partial charge is 0.253 e. The number of hydrogen-bond donors (Lipinski definition) is 1. The van der Waals surface area contributed by atoms with E-state index in [1.807, 2.05) is 6.92 Å². The van der Waals surface area contributed by atoms with E-state index in [1.165, 1.54) is 12.3 Å². The minimum Gasteiger partial charge on any atom is -0.350 e. The lowest BCUT2D eigenvalue weighted by Gasteiger charge is -2.13. The van der Waals surface area contributed by atoms with Crippen LogP contribution in [0.25, 0.3) is 0 Å². The highest BCUT2D eigenvalue weighted by Gasteiger charge is 2.12. The number of halogens is 2. The molecule has 1 heterocycles. The maximum Gasteiger partial charge on any atom is 0.253 e. The summed E-state index contributed by atoms with van der Waals surface area (Å²) in [5.41, 5.74) is 0.355. The molecule has 1 aromatic heterocycles. The van der Waals surface area contributed by atoms with Crippen LogP contribution >= 0.6 is 23.2 Å². The molecule has 0 saturated heterocycles. The zero-order chi connectivity index (χ0) is 13.7. The summed E-state index contributed by atoms with van der Waals surface area (Å²) in [6, 6.07) is 1.41. The Balaban J connectivity index is 2.59. The third-order valence-corrected chi connectivity index (χ3v) is 3.77. The van der Waals surface area contributed by atoms with Crippen LogP contribution in [0.4, 0.5) is 0 Å². The van der Waals surface area contributed by atoms with Crippen molar-refractivity contribution >= 4 is 39.9 Å². The van der Waals surface area contributed by atoms with Gasteiger partial charge in [-0.25, -0.2) is 4.98 Å². The molecule has 0 aromatic carbocycles. The van der Waals surface area contributed by atoms with Crippen molar-refractivity contribution in [2.45, 2.75) is 19.4 Å². The van der Waals surface area contributed by atoms with Crippen LogP contribution < -0.4 is 5.32 Å². The van der Waals surface area contributed by atoms with E-state index in [4.69, 9.17) is 23.2 Å². The summed E-state index contributed by atoms with van der Waals surface area (Å²) < 4.78 is 10.9. The van der Waals surface area contributed by atoms with E-state index in [9.17, 15) is 9.00 Å². The van der Waals surface area contributed by atoms with E-state index in [2.05, 4.69) is 10.3 Å². The van der Waals surface area contributed by atoms with Gasteiger partial charge in [0.2, 0.25) is 0 Å². The SMILES string of the molecule is CC(CCS(C)=O)NC(=O)c1cnc(Cl)c(Cl)c1. The Kier molecular flexibility index (Phi) is 6.05. The predicted molar refractivity (Wildman–Crippen MR) is 74.7 cm³/mol. The Bertz CT molecular complexity index is 468. The first-order chi connectivity index (χ1) is 8.40. The molecule has 2 atom stereocenters. The fraction of sp³-hybridized carbons (Fsp3) is 0.455. The molecule has 1 amide bonds. The van der Waals surface area contributed by atoms with Gasteiger partial charge in [-0.3, -0.25) is 9.00 Å². The number of amides is 1. The summed E-state index contributed by atoms with van der Waals surface area (Å²) in [6.07, 6.45) is 3.66. The normalized spacial score (nSPS) is 14.0. The van der Waals surface area contributed by atoms with Gasteiger partial charge in [-0.1, -0.05) is 23.2 Å². The lowest BCUT2D eigenvalue weighted by molar-refractivity contribution is 0.0939. The average molecular weight is 309 g/mol. The van der Waals surface area contributed by atoms with Crippen molar-refractivity contribution in [1.29, 1.82) is 0 Å². The average Bonchev–Trinajstić information content (AvgIpc) is 2.30. The number of carbonyl (C=O) groups excluding carboxylic acids is 1. The lowest BCUT2D eigenvalue weighted by Crippen LogP contribution is -2.33. The largest absolute Gasteiger partial charge is 0.350 e. The quantitative estimate of drug-likeness (QED) is 0.849. The Hall–Kier alpha value is -0.650. The molecule has 1 aromatic rings. The zero-order valence-corrected chi connectivity index (χ0v) is 12.4. The van der Waals surface area contributed by atoms with E-state index in [0.717, 1.165) is 0 Å². The van der Waals surface area contributed by atoms with Crippen molar-refractivity contribution < 1.29 is 9.00 Å². The maximum atomic E-state index is 11.8. The molecular formula is C11H14Cl2N2O2S. The Morgan fingerprint density at radius 1 is 1.56 bits per heavy atom. The van der Waals surface area contributed by atoms with Crippen LogP contribution in [0, 0.1) is 0 Å². The molecule has 4 nitrogen and oxygen atoms in total. The number of pyridine rings is 1. The molecular weight excluding hydrogens is 295 g/mol. The second-order valence-electron chi connectivity index (χ2n) is 3.94. The van der Waals surface area contributed by atoms with Gasteiger partial charge in [0.15, 0.2) is 0 Å². The fourth-order valence-corrected chi connectivity index (χ4v) is 2.22. The number of aromatic nitrogens is 1. The first kappa shape index (κ1) is 15.4. The Morgan fingerprint density at radius 2 is 2.22 bits per heavy atom. The van der Waals surface area contributed by atoms with Gasteiger partial charge >= 0.3 is 0 Å². The van der Waals surface area contributed by atoms with Crippen LogP contribution in [0.15, 0.2) is 12.3 Å². The minimum atomic E-state index is -0.854. The summed E-state index contributed by atoms with van der Waals surface area (Å²) in [6.45, 7) is 1.86. The van der Waals surface area contributed by atoms with Gasteiger partial charge in [0.05, 0.1) is 10.6 Å². The zero-order valence-electron chi connectivity index (χ0n) is 10.1. The molecule has 1 rings (SSSR count). The number of rotatable bonds is 5. The predicted octanol–water partition coefficient (Wildman–Crippen LogP) is 2.28. The van der Waals surface area contributed by atoms with Gasteiger partial charge in [-0.05, 0) is 19.4 Å². The van der Waals surface area contributed by atoms with Gasteiger partial charge < -0.3 is 5.32 Å². The first-order valence-corrected chi connectivity index (χ1v) is 7.80. The monoisotopic (exact) mass is 308 g/mol. The minimum absolute atomic E-state index is 0.0594. The number of hydrogen-bond acceptors (Lipinski definition) is 3. The summed E-state index contributed by atoms with van der Waals surface area (Å²) in [4.78, 5) is 15.6. The third-order valence-electron chi connectivity index (χ3n) is 2.27. The molecule has 2 unspecified atom stereocenters. The van der Waals surface area contributed by atoms with Crippen molar-refractivity contribution in [3.8, 4) is 0 Å². The molecule has 1 N–H and O–H groups in total. The van der Waals surface area contributed by atoms with E-state index in [-0.39, 0.29) is 22.1 Å². The first-order valence-electron chi connectivity index (χ1n) is 5.32. The maximum absolute atomic E-state index is 11.8. The van der Waals surface area contributed by atoms with Gasteiger partial charge in [0.25, 0.3) is 5.91 Å². The molecule has 0 aliphatic rings. The number of nitrogens with one attached hydrogen (secondary N) is 1. The second kappa shape index (κ2) is 7.07. The van der Waals surface area contributed by atoms with Crippen molar-refractivity contribution in [1.82, 2.24) is 10.3 Å². The molecule has 18 heavy (non-hydrogen) atoms. The topological polar surface area (TPSA) is 59.1 Å². The fourth-order valence-electron chi connectivity index (χ4n) is 1.27. The number of carbonyl (C=O) groups is 1. The van der Waals surface area contributed by atoms with Gasteiger partial charge in [-0.15, -0.1) is 0 Å². The van der Waals surface area contributed by atoms with Crippen molar-refractivity contribution in [3.05, 3.63) is 28.0 Å². The lowest BCUT2D eigenvalue weighted by atomic mass is 10.2. The number of nitrogens with zero attached hydrogens (tertiary/aromatic N) is 1. The Labute approximate surface area is 119 Å². The summed E-state index contributed by atoms with van der Waals surface area (Å²) in [7, 11) is -0.854. The van der Waals surface area contributed by atoms with E-state index >= 15 is 0 Å². The van der Waals surface area contributed by atoms with Crippen molar-refractivity contribution in [2.24, 2.45) is 0 Å². The van der Waals surface area contributed by atoms with Crippen LogP contribution in [0.1, 0.15) is 23.7 Å². The Morgan fingerprint density at radius 3 is 2.78 bits per heavy atom.